The first kappa shape index (κ1) is 12.7. The van der Waals surface area contributed by atoms with Crippen LogP contribution < -0.4 is 5.32 Å². The summed E-state index contributed by atoms with van der Waals surface area (Å²) in [5.74, 6) is 1.85. The second kappa shape index (κ2) is 5.79. The topological polar surface area (TPSA) is 21.3 Å². The summed E-state index contributed by atoms with van der Waals surface area (Å²) in [5, 5.41) is 3.63. The first-order valence-electron chi connectivity index (χ1n) is 7.51. The van der Waals surface area contributed by atoms with Gasteiger partial charge < -0.3 is 10.1 Å². The van der Waals surface area contributed by atoms with Gasteiger partial charge in [0.05, 0.1) is 12.6 Å². The predicted molar refractivity (Wildman–Crippen MR) is 78.1 cm³/mol. The highest BCUT2D eigenvalue weighted by atomic mass is 16.5. The number of nitrogens with one attached hydrogen (secondary N) is 1. The van der Waals surface area contributed by atoms with Crippen LogP contribution in [0.2, 0.25) is 0 Å². The lowest BCUT2D eigenvalue weighted by Crippen LogP contribution is -2.40. The van der Waals surface area contributed by atoms with Crippen LogP contribution in [0.4, 0.5) is 0 Å². The first-order chi connectivity index (χ1) is 9.38. The Hall–Kier alpha value is -1.28. The van der Waals surface area contributed by atoms with Gasteiger partial charge in [-0.1, -0.05) is 31.2 Å². The first-order valence-corrected chi connectivity index (χ1v) is 7.51. The van der Waals surface area contributed by atoms with Gasteiger partial charge in [0.15, 0.2) is 0 Å². The maximum atomic E-state index is 5.81. The van der Waals surface area contributed by atoms with Crippen molar-refractivity contribution in [2.75, 3.05) is 13.2 Å². The van der Waals surface area contributed by atoms with Crippen LogP contribution in [0.5, 0.6) is 0 Å². The van der Waals surface area contributed by atoms with Gasteiger partial charge in [-0.25, -0.2) is 0 Å². The van der Waals surface area contributed by atoms with Crippen LogP contribution in [-0.2, 0) is 17.6 Å². The largest absolute Gasteiger partial charge is 0.496 e. The van der Waals surface area contributed by atoms with Gasteiger partial charge in [-0.05, 0) is 48.9 Å². The van der Waals surface area contributed by atoms with Crippen molar-refractivity contribution in [3.8, 4) is 0 Å². The molecule has 0 aromatic heterocycles. The van der Waals surface area contributed by atoms with E-state index in [0.717, 1.165) is 19.6 Å². The SMILES string of the molecule is CCNC(C1=CCCO1)C1CCc2ccccc2C1. The van der Waals surface area contributed by atoms with Gasteiger partial charge in [0, 0.05) is 6.42 Å². The van der Waals surface area contributed by atoms with Gasteiger partial charge in [0.1, 0.15) is 5.76 Å². The third-order valence-electron chi connectivity index (χ3n) is 4.32. The van der Waals surface area contributed by atoms with Crippen molar-refractivity contribution in [3.05, 3.63) is 47.2 Å². The normalized spacial score (nSPS) is 23.4. The minimum atomic E-state index is 0.404. The standard InChI is InChI=1S/C17H23NO/c1-2-18-17(16-8-5-11-19-16)15-10-9-13-6-3-4-7-14(13)12-15/h3-4,6-8,15,17-18H,2,5,9-12H2,1H3. The van der Waals surface area contributed by atoms with Crippen LogP contribution in [0.3, 0.4) is 0 Å². The molecule has 0 saturated carbocycles. The van der Waals surface area contributed by atoms with E-state index >= 15 is 0 Å². The highest BCUT2D eigenvalue weighted by molar-refractivity contribution is 5.30. The molecule has 2 unspecified atom stereocenters. The molecule has 1 aromatic carbocycles. The monoisotopic (exact) mass is 257 g/mol. The van der Waals surface area contributed by atoms with Gasteiger partial charge >= 0.3 is 0 Å². The second-order valence-corrected chi connectivity index (χ2v) is 5.55. The summed E-state index contributed by atoms with van der Waals surface area (Å²) in [6.07, 6.45) is 6.98. The van der Waals surface area contributed by atoms with Crippen molar-refractivity contribution in [2.45, 2.75) is 38.6 Å². The Labute approximate surface area is 115 Å². The molecule has 0 bridgehead atoms. The van der Waals surface area contributed by atoms with Crippen LogP contribution in [-0.4, -0.2) is 19.2 Å². The fourth-order valence-corrected chi connectivity index (χ4v) is 3.38. The van der Waals surface area contributed by atoms with Gasteiger partial charge in [-0.3, -0.25) is 0 Å². The van der Waals surface area contributed by atoms with E-state index in [9.17, 15) is 0 Å². The molecule has 102 valence electrons. The van der Waals surface area contributed by atoms with Crippen LogP contribution in [0.25, 0.3) is 0 Å². The van der Waals surface area contributed by atoms with E-state index < -0.39 is 0 Å². The minimum absolute atomic E-state index is 0.404. The molecule has 1 aliphatic carbocycles. The third-order valence-corrected chi connectivity index (χ3v) is 4.32. The number of rotatable bonds is 4. The van der Waals surface area contributed by atoms with E-state index in [-0.39, 0.29) is 0 Å². The number of likely N-dealkylation sites (N-methyl/N-ethyl adjacent to an activating group) is 1. The molecule has 0 amide bonds. The lowest BCUT2D eigenvalue weighted by molar-refractivity contribution is 0.187. The number of aryl methyl sites for hydroxylation is 1. The highest BCUT2D eigenvalue weighted by Crippen LogP contribution is 2.31. The molecule has 0 radical (unpaired) electrons. The molecule has 2 aliphatic rings. The Bertz CT molecular complexity index is 466. The van der Waals surface area contributed by atoms with Crippen LogP contribution in [0.1, 0.15) is 30.9 Å². The number of fused-ring (bicyclic) bond motifs is 1. The number of ether oxygens (including phenoxy) is 1. The number of hydrogen-bond acceptors (Lipinski definition) is 2. The molecule has 3 rings (SSSR count). The fraction of sp³-hybridized carbons (Fsp3) is 0.529. The molecule has 19 heavy (non-hydrogen) atoms. The van der Waals surface area contributed by atoms with E-state index in [4.69, 9.17) is 4.74 Å². The Kier molecular flexibility index (Phi) is 3.88. The van der Waals surface area contributed by atoms with Gasteiger partial charge in [0.2, 0.25) is 0 Å². The molecular weight excluding hydrogens is 234 g/mol. The van der Waals surface area contributed by atoms with E-state index in [1.54, 1.807) is 0 Å². The van der Waals surface area contributed by atoms with E-state index in [1.165, 1.54) is 36.1 Å². The van der Waals surface area contributed by atoms with Crippen LogP contribution in [0.15, 0.2) is 36.1 Å². The Balaban J connectivity index is 1.77. The third kappa shape index (κ3) is 2.69. The average molecular weight is 257 g/mol. The predicted octanol–water partition coefficient (Wildman–Crippen LogP) is 3.07. The summed E-state index contributed by atoms with van der Waals surface area (Å²) in [7, 11) is 0. The molecule has 1 N–H and O–H groups in total. The minimum Gasteiger partial charge on any atom is -0.496 e. The molecule has 1 aliphatic heterocycles. The lowest BCUT2D eigenvalue weighted by atomic mass is 9.79. The Morgan fingerprint density at radius 1 is 1.32 bits per heavy atom. The van der Waals surface area contributed by atoms with Crippen LogP contribution in [0, 0.1) is 5.92 Å². The Morgan fingerprint density at radius 3 is 2.89 bits per heavy atom. The van der Waals surface area contributed by atoms with E-state index in [0.29, 0.717) is 12.0 Å². The van der Waals surface area contributed by atoms with Gasteiger partial charge in [-0.15, -0.1) is 0 Å². The summed E-state index contributed by atoms with van der Waals surface area (Å²) in [4.78, 5) is 0. The van der Waals surface area contributed by atoms with Crippen molar-refractivity contribution < 1.29 is 4.74 Å². The molecular formula is C17H23NO. The van der Waals surface area contributed by atoms with Crippen molar-refractivity contribution in [3.63, 3.8) is 0 Å². The van der Waals surface area contributed by atoms with E-state index in [1.807, 2.05) is 0 Å². The van der Waals surface area contributed by atoms with Crippen molar-refractivity contribution in [1.29, 1.82) is 0 Å². The molecule has 0 fully saturated rings. The molecule has 0 saturated heterocycles. The fourth-order valence-electron chi connectivity index (χ4n) is 3.38. The summed E-state index contributed by atoms with van der Waals surface area (Å²) in [5.41, 5.74) is 3.07. The maximum Gasteiger partial charge on any atom is 0.109 e. The summed E-state index contributed by atoms with van der Waals surface area (Å²) in [6, 6.07) is 9.28. The zero-order chi connectivity index (χ0) is 13.1. The van der Waals surface area contributed by atoms with E-state index in [2.05, 4.69) is 42.6 Å². The summed E-state index contributed by atoms with van der Waals surface area (Å²) < 4.78 is 5.81. The molecule has 1 aromatic rings. The number of benzene rings is 1. The molecule has 0 spiro atoms. The maximum absolute atomic E-state index is 5.81. The summed E-state index contributed by atoms with van der Waals surface area (Å²) in [6.45, 7) is 4.04. The zero-order valence-corrected chi connectivity index (χ0v) is 11.7. The average Bonchev–Trinajstić information content (AvgIpc) is 2.98. The molecule has 1 heterocycles. The summed E-state index contributed by atoms with van der Waals surface area (Å²) >= 11 is 0. The van der Waals surface area contributed by atoms with Crippen LogP contribution >= 0.6 is 0 Å². The van der Waals surface area contributed by atoms with Crippen molar-refractivity contribution in [1.82, 2.24) is 5.32 Å². The number of hydrogen-bond donors (Lipinski definition) is 1. The molecule has 2 nitrogen and oxygen atoms in total. The van der Waals surface area contributed by atoms with Crippen molar-refractivity contribution in [2.24, 2.45) is 5.92 Å². The molecule has 2 heteroatoms. The van der Waals surface area contributed by atoms with Crippen molar-refractivity contribution >= 4 is 0 Å². The Morgan fingerprint density at radius 2 is 2.16 bits per heavy atom. The zero-order valence-electron chi connectivity index (χ0n) is 11.7. The van der Waals surface area contributed by atoms with Gasteiger partial charge in [-0.2, -0.15) is 0 Å². The van der Waals surface area contributed by atoms with Gasteiger partial charge in [0.25, 0.3) is 0 Å². The second-order valence-electron chi connectivity index (χ2n) is 5.55. The quantitative estimate of drug-likeness (QED) is 0.895. The smallest absolute Gasteiger partial charge is 0.109 e. The molecule has 2 atom stereocenters. The highest BCUT2D eigenvalue weighted by Gasteiger charge is 2.30. The lowest BCUT2D eigenvalue weighted by Gasteiger charge is -2.32.